The van der Waals surface area contributed by atoms with Crippen molar-refractivity contribution in [1.82, 2.24) is 25.8 Å². The van der Waals surface area contributed by atoms with Gasteiger partial charge < -0.3 is 25.8 Å². The zero-order valence-electron chi connectivity index (χ0n) is 23.3. The molecule has 8 nitrogen and oxygen atoms in total. The molecular formula is C29H44FN5O3. The molecule has 0 spiro atoms. The first-order valence-corrected chi connectivity index (χ1v) is 14.0. The quantitative estimate of drug-likeness (QED) is 0.480. The van der Waals surface area contributed by atoms with Crippen molar-refractivity contribution in [3.63, 3.8) is 0 Å². The maximum atomic E-state index is 13.8. The van der Waals surface area contributed by atoms with E-state index in [1.807, 2.05) is 27.8 Å². The van der Waals surface area contributed by atoms with Crippen LogP contribution in [0.25, 0.3) is 0 Å². The van der Waals surface area contributed by atoms with Crippen LogP contribution in [-0.4, -0.2) is 84.9 Å². The Bertz CT molecular complexity index is 996. The molecule has 3 fully saturated rings. The molecule has 0 unspecified atom stereocenters. The van der Waals surface area contributed by atoms with Gasteiger partial charge in [0.2, 0.25) is 17.7 Å². The van der Waals surface area contributed by atoms with Crippen molar-refractivity contribution in [1.29, 1.82) is 0 Å². The van der Waals surface area contributed by atoms with Crippen molar-refractivity contribution < 1.29 is 18.8 Å². The number of nitrogens with zero attached hydrogens (tertiary/aromatic N) is 2. The molecule has 1 saturated carbocycles. The summed E-state index contributed by atoms with van der Waals surface area (Å²) in [6.07, 6.45) is 4.72. The fraction of sp³-hybridized carbons (Fsp3) is 0.690. The van der Waals surface area contributed by atoms with Crippen molar-refractivity contribution in [2.45, 2.75) is 76.9 Å². The lowest BCUT2D eigenvalue weighted by molar-refractivity contribution is -0.144. The lowest BCUT2D eigenvalue weighted by Gasteiger charge is -2.43. The monoisotopic (exact) mass is 529 g/mol. The molecule has 0 bridgehead atoms. The molecule has 0 radical (unpaired) electrons. The van der Waals surface area contributed by atoms with Crippen LogP contribution in [-0.2, 0) is 20.8 Å². The molecule has 38 heavy (non-hydrogen) atoms. The van der Waals surface area contributed by atoms with Gasteiger partial charge in [-0.2, -0.15) is 0 Å². The first-order chi connectivity index (χ1) is 17.9. The summed E-state index contributed by atoms with van der Waals surface area (Å²) in [5.41, 5.74) is 0.00701. The third-order valence-electron chi connectivity index (χ3n) is 8.04. The van der Waals surface area contributed by atoms with Crippen molar-refractivity contribution >= 4 is 17.7 Å². The van der Waals surface area contributed by atoms with Gasteiger partial charge in [0, 0.05) is 44.7 Å². The summed E-state index contributed by atoms with van der Waals surface area (Å²) >= 11 is 0. The second-order valence-corrected chi connectivity index (χ2v) is 12.6. The highest BCUT2D eigenvalue weighted by Crippen LogP contribution is 2.46. The summed E-state index contributed by atoms with van der Waals surface area (Å²) in [4.78, 5) is 44.3. The Morgan fingerprint density at radius 1 is 1.11 bits per heavy atom. The number of piperidine rings is 1. The lowest BCUT2D eigenvalue weighted by Crippen LogP contribution is -2.60. The predicted octanol–water partition coefficient (Wildman–Crippen LogP) is 2.08. The molecule has 1 aliphatic carbocycles. The number of carbonyl (C=O) groups is 3. The first kappa shape index (κ1) is 28.5. The molecular weight excluding hydrogens is 485 g/mol. The number of likely N-dealkylation sites (tertiary alicyclic amines) is 1. The lowest BCUT2D eigenvalue weighted by atomic mass is 9.73. The molecule has 3 aliphatic rings. The van der Waals surface area contributed by atoms with Gasteiger partial charge in [-0.3, -0.25) is 14.4 Å². The Balaban J connectivity index is 1.46. The van der Waals surface area contributed by atoms with Gasteiger partial charge in [-0.1, -0.05) is 25.0 Å². The summed E-state index contributed by atoms with van der Waals surface area (Å²) in [6, 6.07) is 4.89. The van der Waals surface area contributed by atoms with E-state index in [0.717, 1.165) is 18.5 Å². The van der Waals surface area contributed by atoms with E-state index in [9.17, 15) is 18.8 Å². The molecule has 3 N–H and O–H groups in total. The minimum Gasteiger partial charge on any atom is -0.351 e. The fourth-order valence-electron chi connectivity index (χ4n) is 5.65. The van der Waals surface area contributed by atoms with E-state index in [4.69, 9.17) is 0 Å². The van der Waals surface area contributed by atoms with Gasteiger partial charge in [0.1, 0.15) is 11.9 Å². The number of hydrogen-bond donors (Lipinski definition) is 3. The first-order valence-electron chi connectivity index (χ1n) is 14.0. The minimum absolute atomic E-state index is 0.0904. The summed E-state index contributed by atoms with van der Waals surface area (Å²) in [6.45, 7) is 9.08. The average molecular weight is 530 g/mol. The fourth-order valence-corrected chi connectivity index (χ4v) is 5.65. The van der Waals surface area contributed by atoms with Gasteiger partial charge in [0.15, 0.2) is 0 Å². The topological polar surface area (TPSA) is 93.8 Å². The second-order valence-electron chi connectivity index (χ2n) is 12.6. The van der Waals surface area contributed by atoms with E-state index in [1.54, 1.807) is 17.0 Å². The van der Waals surface area contributed by atoms with Gasteiger partial charge in [0.05, 0.1) is 11.5 Å². The molecule has 2 saturated heterocycles. The number of carbonyl (C=O) groups excluding carboxylic acids is 3. The van der Waals surface area contributed by atoms with Gasteiger partial charge in [-0.05, 0) is 70.7 Å². The van der Waals surface area contributed by atoms with Gasteiger partial charge in [-0.25, -0.2) is 4.39 Å². The van der Waals surface area contributed by atoms with E-state index >= 15 is 0 Å². The highest BCUT2D eigenvalue weighted by Gasteiger charge is 2.47. The zero-order valence-corrected chi connectivity index (χ0v) is 23.3. The number of benzene rings is 1. The second kappa shape index (κ2) is 11.7. The SMILES string of the molecule is CN1CCN[C@H](C(=O)N[C@H](Cc2ccc(F)cc2)C(=O)N2CCC(CC3CC3)(C(=O)NC(C)(C)C)CC2)C1. The molecule has 3 amide bonds. The molecule has 0 aromatic heterocycles. The molecule has 2 heterocycles. The standard InChI is InChI=1S/C29H44FN5O3/c1-28(2,3)33-27(38)29(18-21-5-6-21)11-14-35(15-12-29)26(37)23(17-20-7-9-22(30)10-8-20)32-25(36)24-19-34(4)16-13-31-24/h7-10,21,23-24,31H,5-6,11-19H2,1-4H3,(H,32,36)(H,33,38)/t23-,24+/m1/s1. The molecule has 2 atom stereocenters. The van der Waals surface area contributed by atoms with Crippen molar-refractivity contribution in [2.75, 3.05) is 39.8 Å². The molecule has 1 aromatic carbocycles. The van der Waals surface area contributed by atoms with Gasteiger partial charge >= 0.3 is 0 Å². The Hall–Kier alpha value is -2.52. The summed E-state index contributed by atoms with van der Waals surface area (Å²) in [5, 5.41) is 9.42. The Labute approximate surface area is 226 Å². The number of rotatable bonds is 8. The molecule has 4 rings (SSSR count). The van der Waals surface area contributed by atoms with Crippen LogP contribution in [0.4, 0.5) is 4.39 Å². The third kappa shape index (κ3) is 7.53. The van der Waals surface area contributed by atoms with E-state index < -0.39 is 17.5 Å². The highest BCUT2D eigenvalue weighted by atomic mass is 19.1. The summed E-state index contributed by atoms with van der Waals surface area (Å²) in [5.74, 6) is -0.0151. The maximum Gasteiger partial charge on any atom is 0.245 e. The third-order valence-corrected chi connectivity index (χ3v) is 8.04. The number of halogens is 1. The van der Waals surface area contributed by atoms with Crippen LogP contribution in [0.3, 0.4) is 0 Å². The van der Waals surface area contributed by atoms with Crippen molar-refractivity contribution in [3.05, 3.63) is 35.6 Å². The number of amides is 3. The minimum atomic E-state index is -0.763. The molecule has 2 aliphatic heterocycles. The molecule has 210 valence electrons. The normalized spacial score (nSPS) is 23.0. The smallest absolute Gasteiger partial charge is 0.245 e. The van der Waals surface area contributed by atoms with Gasteiger partial charge in [-0.15, -0.1) is 0 Å². The highest BCUT2D eigenvalue weighted by molar-refractivity contribution is 5.90. The average Bonchev–Trinajstić information content (AvgIpc) is 3.67. The van der Waals surface area contributed by atoms with Crippen LogP contribution < -0.4 is 16.0 Å². The van der Waals surface area contributed by atoms with Crippen molar-refractivity contribution in [2.24, 2.45) is 11.3 Å². The van der Waals surface area contributed by atoms with E-state index in [1.165, 1.54) is 25.0 Å². The largest absolute Gasteiger partial charge is 0.351 e. The van der Waals surface area contributed by atoms with E-state index in [0.29, 0.717) is 44.9 Å². The van der Waals surface area contributed by atoms with Crippen LogP contribution >= 0.6 is 0 Å². The molecule has 1 aromatic rings. The maximum absolute atomic E-state index is 13.8. The van der Waals surface area contributed by atoms with E-state index in [-0.39, 0.29) is 35.5 Å². The summed E-state index contributed by atoms with van der Waals surface area (Å²) in [7, 11) is 1.97. The summed E-state index contributed by atoms with van der Waals surface area (Å²) < 4.78 is 13.5. The van der Waals surface area contributed by atoms with Crippen LogP contribution in [0.15, 0.2) is 24.3 Å². The van der Waals surface area contributed by atoms with Crippen LogP contribution in [0, 0.1) is 17.2 Å². The molecule has 9 heteroatoms. The Morgan fingerprint density at radius 2 is 1.76 bits per heavy atom. The predicted molar refractivity (Wildman–Crippen MR) is 145 cm³/mol. The number of piperazine rings is 1. The van der Waals surface area contributed by atoms with Crippen LogP contribution in [0.1, 0.15) is 58.4 Å². The number of likely N-dealkylation sites (N-methyl/N-ethyl adjacent to an activating group) is 1. The number of hydrogen-bond acceptors (Lipinski definition) is 5. The van der Waals surface area contributed by atoms with Crippen LogP contribution in [0.2, 0.25) is 0 Å². The Kier molecular flexibility index (Phi) is 8.77. The zero-order chi connectivity index (χ0) is 27.5. The van der Waals surface area contributed by atoms with E-state index in [2.05, 4.69) is 20.9 Å². The Morgan fingerprint density at radius 3 is 2.34 bits per heavy atom. The number of nitrogens with one attached hydrogen (secondary N) is 3. The van der Waals surface area contributed by atoms with Gasteiger partial charge in [0.25, 0.3) is 0 Å². The van der Waals surface area contributed by atoms with Crippen LogP contribution in [0.5, 0.6) is 0 Å². The van der Waals surface area contributed by atoms with Crippen molar-refractivity contribution in [3.8, 4) is 0 Å².